The quantitative estimate of drug-likeness (QED) is 0.282. The number of anilines is 1. The lowest BCUT2D eigenvalue weighted by Crippen LogP contribution is -2.10. The monoisotopic (exact) mass is 490 g/mol. The third kappa shape index (κ3) is 4.57. The fourth-order valence-corrected chi connectivity index (χ4v) is 4.60. The van der Waals surface area contributed by atoms with Gasteiger partial charge in [0.15, 0.2) is 5.76 Å². The van der Waals surface area contributed by atoms with Crippen LogP contribution in [-0.4, -0.2) is 43.6 Å². The Morgan fingerprint density at radius 3 is 2.51 bits per heavy atom. The van der Waals surface area contributed by atoms with Crippen molar-refractivity contribution in [2.24, 2.45) is 0 Å². The first kappa shape index (κ1) is 22.9. The van der Waals surface area contributed by atoms with Gasteiger partial charge >= 0.3 is 0 Å². The molecule has 1 atom stereocenters. The van der Waals surface area contributed by atoms with Crippen molar-refractivity contribution in [3.8, 4) is 28.8 Å². The van der Waals surface area contributed by atoms with Crippen molar-refractivity contribution >= 4 is 23.5 Å². The van der Waals surface area contributed by atoms with Crippen molar-refractivity contribution in [2.75, 3.05) is 18.9 Å². The zero-order valence-electron chi connectivity index (χ0n) is 19.9. The Balaban J connectivity index is 1.46. The van der Waals surface area contributed by atoms with Crippen molar-refractivity contribution in [3.05, 3.63) is 72.4 Å². The Morgan fingerprint density at radius 2 is 1.83 bits per heavy atom. The molecule has 0 radical (unpaired) electrons. The van der Waals surface area contributed by atoms with Crippen LogP contribution < -0.4 is 14.2 Å². The molecule has 0 aliphatic rings. The van der Waals surface area contributed by atoms with Gasteiger partial charge in [0, 0.05) is 24.1 Å². The summed E-state index contributed by atoms with van der Waals surface area (Å²) in [5.41, 5.74) is 2.65. The van der Waals surface area contributed by atoms with E-state index in [9.17, 15) is 0 Å². The molecule has 10 heteroatoms. The van der Waals surface area contributed by atoms with Crippen LogP contribution in [0.4, 0.5) is 5.95 Å². The fourth-order valence-electron chi connectivity index (χ4n) is 3.90. The molecule has 4 aromatic heterocycles. The Kier molecular flexibility index (Phi) is 6.37. The zero-order valence-corrected chi connectivity index (χ0v) is 20.7. The van der Waals surface area contributed by atoms with E-state index in [1.165, 1.54) is 0 Å². The molecule has 1 N–H and O–H groups in total. The molecule has 0 amide bonds. The normalized spacial score (nSPS) is 12.1. The van der Waals surface area contributed by atoms with E-state index in [1.807, 2.05) is 70.6 Å². The van der Waals surface area contributed by atoms with Crippen molar-refractivity contribution in [1.82, 2.24) is 24.1 Å². The molecule has 1 unspecified atom stereocenters. The van der Waals surface area contributed by atoms with Crippen LogP contribution in [0.25, 0.3) is 22.9 Å². The summed E-state index contributed by atoms with van der Waals surface area (Å²) in [6, 6.07) is 15.4. The van der Waals surface area contributed by atoms with E-state index in [2.05, 4.69) is 28.0 Å². The molecule has 0 saturated heterocycles. The van der Waals surface area contributed by atoms with E-state index in [0.29, 0.717) is 34.7 Å². The third-order valence-electron chi connectivity index (χ3n) is 5.51. The van der Waals surface area contributed by atoms with Gasteiger partial charge in [-0.15, -0.1) is 10.2 Å². The molecule has 180 valence electrons. The van der Waals surface area contributed by atoms with Crippen molar-refractivity contribution in [2.45, 2.75) is 25.5 Å². The predicted octanol–water partition coefficient (Wildman–Crippen LogP) is 5.19. The molecule has 9 nitrogen and oxygen atoms in total. The van der Waals surface area contributed by atoms with Gasteiger partial charge in [-0.25, -0.2) is 4.98 Å². The average molecular weight is 491 g/mol. The average Bonchev–Trinajstić information content (AvgIpc) is 3.59. The Bertz CT molecular complexity index is 1400. The van der Waals surface area contributed by atoms with E-state index in [0.717, 1.165) is 23.5 Å². The maximum atomic E-state index is 5.88. The maximum Gasteiger partial charge on any atom is 0.239 e. The molecule has 0 aliphatic carbocycles. The summed E-state index contributed by atoms with van der Waals surface area (Å²) in [5.74, 6) is 3.70. The molecule has 0 fully saturated rings. The number of rotatable bonds is 9. The van der Waals surface area contributed by atoms with Crippen LogP contribution in [0.5, 0.6) is 11.5 Å². The second-order valence-corrected chi connectivity index (χ2v) is 9.28. The van der Waals surface area contributed by atoms with Crippen molar-refractivity contribution in [3.63, 3.8) is 0 Å². The molecule has 0 spiro atoms. The lowest BCUT2D eigenvalue weighted by Gasteiger charge is -2.17. The van der Waals surface area contributed by atoms with E-state index in [-0.39, 0.29) is 5.25 Å². The van der Waals surface area contributed by atoms with Crippen LogP contribution in [0.2, 0.25) is 0 Å². The first-order valence-electron chi connectivity index (χ1n) is 11.1. The Labute approximate surface area is 207 Å². The number of pyridine rings is 1. The van der Waals surface area contributed by atoms with E-state index >= 15 is 0 Å². The second-order valence-electron chi connectivity index (χ2n) is 8.04. The molecular weight excluding hydrogens is 464 g/mol. The number of aryl methyl sites for hydroxylation is 1. The Morgan fingerprint density at radius 1 is 1.03 bits per heavy atom. The minimum atomic E-state index is 0.207. The van der Waals surface area contributed by atoms with Crippen LogP contribution in [0.3, 0.4) is 0 Å². The standard InChI is InChI=1S/C25H26N6O3S/c1-16-11-12-21(34-16)24-27-28-25(31(24)23-19(32-3)8-7-9-20(23)33-4)29-35-17(2)14-18-15-30-13-6-5-10-22(30)26-18/h5-13,15,17H,14H2,1-4H3,(H,28,29). The first-order valence-corrected chi connectivity index (χ1v) is 12.0. The number of nitrogens with zero attached hydrogens (tertiary/aromatic N) is 5. The minimum absolute atomic E-state index is 0.207. The number of fused-ring (bicyclic) bond motifs is 1. The summed E-state index contributed by atoms with van der Waals surface area (Å²) in [6.07, 6.45) is 4.85. The number of benzene rings is 1. The van der Waals surface area contributed by atoms with Gasteiger partial charge in [-0.1, -0.05) is 19.1 Å². The van der Waals surface area contributed by atoms with Crippen LogP contribution in [0.15, 0.2) is 65.3 Å². The maximum absolute atomic E-state index is 5.88. The topological polar surface area (TPSA) is 91.6 Å². The van der Waals surface area contributed by atoms with Gasteiger partial charge in [-0.05, 0) is 55.3 Å². The Hall–Kier alpha value is -3.92. The molecule has 5 aromatic rings. The number of furan rings is 1. The highest BCUT2D eigenvalue weighted by Gasteiger charge is 2.24. The first-order chi connectivity index (χ1) is 17.1. The SMILES string of the molecule is COc1cccc(OC)c1-n1c(NSC(C)Cc2cn3ccccc3n2)nnc1-c1ccc(C)o1. The van der Waals surface area contributed by atoms with Crippen LogP contribution in [-0.2, 0) is 6.42 Å². The number of imidazole rings is 1. The summed E-state index contributed by atoms with van der Waals surface area (Å²) in [4.78, 5) is 4.71. The van der Waals surface area contributed by atoms with Crippen LogP contribution >= 0.6 is 11.9 Å². The molecule has 4 heterocycles. The van der Waals surface area contributed by atoms with Crippen molar-refractivity contribution < 1.29 is 13.9 Å². The zero-order chi connectivity index (χ0) is 24.4. The van der Waals surface area contributed by atoms with E-state index in [1.54, 1.807) is 26.2 Å². The number of nitrogens with one attached hydrogen (secondary N) is 1. The third-order valence-corrected chi connectivity index (χ3v) is 6.38. The highest BCUT2D eigenvalue weighted by molar-refractivity contribution is 8.01. The largest absolute Gasteiger partial charge is 0.494 e. The van der Waals surface area contributed by atoms with Gasteiger partial charge < -0.3 is 18.3 Å². The smallest absolute Gasteiger partial charge is 0.239 e. The minimum Gasteiger partial charge on any atom is -0.494 e. The number of methoxy groups -OCH3 is 2. The van der Waals surface area contributed by atoms with Gasteiger partial charge in [-0.3, -0.25) is 9.29 Å². The van der Waals surface area contributed by atoms with Crippen molar-refractivity contribution in [1.29, 1.82) is 0 Å². The highest BCUT2D eigenvalue weighted by atomic mass is 32.2. The summed E-state index contributed by atoms with van der Waals surface area (Å²) in [5, 5.41) is 9.07. The summed E-state index contributed by atoms with van der Waals surface area (Å²) >= 11 is 1.55. The van der Waals surface area contributed by atoms with Gasteiger partial charge in [0.25, 0.3) is 0 Å². The molecule has 5 rings (SSSR count). The summed E-state index contributed by atoms with van der Waals surface area (Å²) in [6.45, 7) is 4.03. The molecule has 1 aromatic carbocycles. The highest BCUT2D eigenvalue weighted by Crippen LogP contribution is 2.38. The predicted molar refractivity (Wildman–Crippen MR) is 136 cm³/mol. The number of ether oxygens (including phenoxy) is 2. The van der Waals surface area contributed by atoms with Gasteiger partial charge in [0.05, 0.1) is 19.9 Å². The number of hydrogen-bond donors (Lipinski definition) is 1. The fraction of sp³-hybridized carbons (Fsp3) is 0.240. The van der Waals surface area contributed by atoms with Gasteiger partial charge in [0.2, 0.25) is 11.8 Å². The van der Waals surface area contributed by atoms with Gasteiger partial charge in [0.1, 0.15) is 28.6 Å². The second kappa shape index (κ2) is 9.75. The molecular formula is C25H26N6O3S. The van der Waals surface area contributed by atoms with Crippen LogP contribution in [0.1, 0.15) is 18.4 Å². The number of aromatic nitrogens is 5. The molecule has 35 heavy (non-hydrogen) atoms. The molecule has 0 bridgehead atoms. The number of hydrogen-bond acceptors (Lipinski definition) is 8. The summed E-state index contributed by atoms with van der Waals surface area (Å²) < 4.78 is 24.5. The van der Waals surface area contributed by atoms with Gasteiger partial charge in [-0.2, -0.15) is 0 Å². The van der Waals surface area contributed by atoms with Crippen LogP contribution in [0, 0.1) is 6.92 Å². The summed E-state index contributed by atoms with van der Waals surface area (Å²) in [7, 11) is 3.25. The number of para-hydroxylation sites is 1. The lowest BCUT2D eigenvalue weighted by molar-refractivity contribution is 0.391. The lowest BCUT2D eigenvalue weighted by atomic mass is 10.2. The van der Waals surface area contributed by atoms with E-state index < -0.39 is 0 Å². The molecule has 0 aliphatic heterocycles. The van der Waals surface area contributed by atoms with E-state index in [4.69, 9.17) is 18.9 Å². The molecule has 0 saturated carbocycles.